The van der Waals surface area contributed by atoms with Crippen LogP contribution in [0.2, 0.25) is 5.02 Å². The second-order valence-corrected chi connectivity index (χ2v) is 5.93. The lowest BCUT2D eigenvalue weighted by atomic mass is 10.1. The van der Waals surface area contributed by atoms with E-state index >= 15 is 0 Å². The molecule has 98 valence electrons. The maximum Gasteiger partial charge on any atom is 0.106 e. The van der Waals surface area contributed by atoms with Crippen molar-refractivity contribution in [3.63, 3.8) is 0 Å². The number of benzene rings is 2. The first-order chi connectivity index (χ1) is 8.97. The summed E-state index contributed by atoms with van der Waals surface area (Å²) in [6, 6.07) is 11.5. The van der Waals surface area contributed by atoms with Crippen LogP contribution in [0.25, 0.3) is 0 Å². The number of aryl methyl sites for hydroxylation is 1. The van der Waals surface area contributed by atoms with Gasteiger partial charge in [0.25, 0.3) is 0 Å². The van der Waals surface area contributed by atoms with Gasteiger partial charge in [0.1, 0.15) is 4.99 Å². The molecule has 0 radical (unpaired) electrons. The van der Waals surface area contributed by atoms with Crippen LogP contribution >= 0.6 is 39.7 Å². The number of anilines is 2. The quantitative estimate of drug-likeness (QED) is 0.778. The van der Waals surface area contributed by atoms with Crippen LogP contribution in [0.3, 0.4) is 0 Å². The van der Waals surface area contributed by atoms with Gasteiger partial charge in [-0.3, -0.25) is 0 Å². The highest BCUT2D eigenvalue weighted by Crippen LogP contribution is 2.28. The number of halogens is 2. The van der Waals surface area contributed by atoms with E-state index in [4.69, 9.17) is 29.6 Å². The predicted octanol–water partition coefficient (Wildman–Crippen LogP) is 4.79. The second-order valence-electron chi connectivity index (χ2n) is 4.14. The highest BCUT2D eigenvalue weighted by Gasteiger charge is 2.08. The molecular weight excluding hydrogens is 344 g/mol. The lowest BCUT2D eigenvalue weighted by molar-refractivity contribution is 1.41. The van der Waals surface area contributed by atoms with Crippen LogP contribution in [0.1, 0.15) is 11.1 Å². The summed E-state index contributed by atoms with van der Waals surface area (Å²) in [5.41, 5.74) is 9.44. The number of hydrogen-bond donors (Lipinski definition) is 2. The van der Waals surface area contributed by atoms with E-state index in [1.807, 2.05) is 31.2 Å². The van der Waals surface area contributed by atoms with E-state index in [1.54, 1.807) is 12.1 Å². The minimum absolute atomic E-state index is 0.317. The Morgan fingerprint density at radius 2 is 1.95 bits per heavy atom. The average molecular weight is 356 g/mol. The van der Waals surface area contributed by atoms with Crippen LogP contribution in [-0.4, -0.2) is 4.99 Å². The molecule has 0 aliphatic rings. The molecule has 0 heterocycles. The fourth-order valence-corrected chi connectivity index (χ4v) is 2.41. The van der Waals surface area contributed by atoms with Gasteiger partial charge in [0.15, 0.2) is 0 Å². The summed E-state index contributed by atoms with van der Waals surface area (Å²) in [7, 11) is 0. The van der Waals surface area contributed by atoms with Gasteiger partial charge >= 0.3 is 0 Å². The van der Waals surface area contributed by atoms with Gasteiger partial charge in [-0.1, -0.05) is 45.8 Å². The summed E-state index contributed by atoms with van der Waals surface area (Å²) in [5.74, 6) is 0. The van der Waals surface area contributed by atoms with Gasteiger partial charge in [0.2, 0.25) is 0 Å². The Kier molecular flexibility index (Phi) is 4.45. The fraction of sp³-hybridized carbons (Fsp3) is 0.0714. The van der Waals surface area contributed by atoms with Crippen LogP contribution in [0, 0.1) is 6.92 Å². The van der Waals surface area contributed by atoms with Crippen molar-refractivity contribution in [3.05, 3.63) is 57.0 Å². The molecule has 0 amide bonds. The minimum atomic E-state index is 0.317. The van der Waals surface area contributed by atoms with Crippen molar-refractivity contribution in [2.24, 2.45) is 5.73 Å². The molecule has 0 unspecified atom stereocenters. The van der Waals surface area contributed by atoms with Gasteiger partial charge in [0.05, 0.1) is 0 Å². The fourth-order valence-electron chi connectivity index (χ4n) is 1.70. The molecule has 0 fully saturated rings. The molecule has 0 spiro atoms. The first-order valence-corrected chi connectivity index (χ1v) is 7.18. The zero-order valence-electron chi connectivity index (χ0n) is 10.2. The Morgan fingerprint density at radius 3 is 2.63 bits per heavy atom. The van der Waals surface area contributed by atoms with Crippen molar-refractivity contribution in [2.45, 2.75) is 6.92 Å². The molecule has 2 nitrogen and oxygen atoms in total. The molecule has 0 bridgehead atoms. The van der Waals surface area contributed by atoms with E-state index in [0.717, 1.165) is 27.0 Å². The Morgan fingerprint density at radius 1 is 1.21 bits per heavy atom. The monoisotopic (exact) mass is 354 g/mol. The van der Waals surface area contributed by atoms with Crippen molar-refractivity contribution in [1.82, 2.24) is 0 Å². The van der Waals surface area contributed by atoms with Crippen molar-refractivity contribution in [2.75, 3.05) is 5.32 Å². The van der Waals surface area contributed by atoms with Crippen molar-refractivity contribution in [1.29, 1.82) is 0 Å². The first kappa shape index (κ1) is 14.3. The number of nitrogens with one attached hydrogen (secondary N) is 1. The van der Waals surface area contributed by atoms with Gasteiger partial charge in [0, 0.05) is 26.4 Å². The molecule has 2 aromatic carbocycles. The third-order valence-electron chi connectivity index (χ3n) is 2.72. The third-order valence-corrected chi connectivity index (χ3v) is 3.66. The van der Waals surface area contributed by atoms with Crippen molar-refractivity contribution in [3.8, 4) is 0 Å². The van der Waals surface area contributed by atoms with E-state index < -0.39 is 0 Å². The van der Waals surface area contributed by atoms with Gasteiger partial charge in [-0.25, -0.2) is 0 Å². The van der Waals surface area contributed by atoms with Crippen LogP contribution in [0.15, 0.2) is 40.9 Å². The van der Waals surface area contributed by atoms with E-state index in [-0.39, 0.29) is 0 Å². The zero-order chi connectivity index (χ0) is 14.0. The SMILES string of the molecule is Cc1ccc(Br)cc1Nc1ccc(Cl)cc1C(N)=S. The zero-order valence-corrected chi connectivity index (χ0v) is 13.4. The number of thiocarbonyl (C=S) groups is 1. The highest BCUT2D eigenvalue weighted by atomic mass is 79.9. The molecule has 0 saturated heterocycles. The standard InChI is InChI=1S/C14H12BrClN2S/c1-8-2-3-9(15)6-13(8)18-12-5-4-10(16)7-11(12)14(17)19/h2-7,18H,1H3,(H2,17,19). The Labute approximate surface area is 131 Å². The topological polar surface area (TPSA) is 38.0 Å². The van der Waals surface area contributed by atoms with E-state index in [9.17, 15) is 0 Å². The molecule has 0 aliphatic carbocycles. The van der Waals surface area contributed by atoms with E-state index in [0.29, 0.717) is 10.0 Å². The van der Waals surface area contributed by atoms with E-state index in [1.165, 1.54) is 0 Å². The minimum Gasteiger partial charge on any atom is -0.389 e. The predicted molar refractivity (Wildman–Crippen MR) is 89.5 cm³/mol. The maximum absolute atomic E-state index is 5.97. The second kappa shape index (κ2) is 5.90. The van der Waals surface area contributed by atoms with Gasteiger partial charge in [-0.15, -0.1) is 0 Å². The van der Waals surface area contributed by atoms with Gasteiger partial charge in [-0.2, -0.15) is 0 Å². The molecule has 2 aromatic rings. The molecule has 0 atom stereocenters. The molecule has 3 N–H and O–H groups in total. The molecule has 5 heteroatoms. The van der Waals surface area contributed by atoms with Crippen molar-refractivity contribution < 1.29 is 0 Å². The number of rotatable bonds is 3. The smallest absolute Gasteiger partial charge is 0.106 e. The van der Waals surface area contributed by atoms with Crippen molar-refractivity contribution >= 4 is 56.1 Å². The molecule has 0 saturated carbocycles. The lowest BCUT2D eigenvalue weighted by Gasteiger charge is -2.14. The Balaban J connectivity index is 2.43. The Hall–Kier alpha value is -1.10. The first-order valence-electron chi connectivity index (χ1n) is 5.60. The van der Waals surface area contributed by atoms with Gasteiger partial charge < -0.3 is 11.1 Å². The summed E-state index contributed by atoms with van der Waals surface area (Å²) in [6.45, 7) is 2.03. The number of nitrogens with two attached hydrogens (primary N) is 1. The summed E-state index contributed by atoms with van der Waals surface area (Å²) >= 11 is 14.5. The Bertz CT molecular complexity index is 643. The van der Waals surface area contributed by atoms with Crippen LogP contribution in [-0.2, 0) is 0 Å². The molecular formula is C14H12BrClN2S. The largest absolute Gasteiger partial charge is 0.389 e. The van der Waals surface area contributed by atoms with Crippen LogP contribution in [0.5, 0.6) is 0 Å². The number of hydrogen-bond acceptors (Lipinski definition) is 2. The normalized spacial score (nSPS) is 10.3. The lowest BCUT2D eigenvalue weighted by Crippen LogP contribution is -2.12. The molecule has 19 heavy (non-hydrogen) atoms. The molecule has 0 aliphatic heterocycles. The third kappa shape index (κ3) is 3.47. The summed E-state index contributed by atoms with van der Waals surface area (Å²) in [6.07, 6.45) is 0. The summed E-state index contributed by atoms with van der Waals surface area (Å²) in [5, 5.41) is 3.94. The maximum atomic E-state index is 5.97. The van der Waals surface area contributed by atoms with Crippen LogP contribution in [0.4, 0.5) is 11.4 Å². The van der Waals surface area contributed by atoms with Gasteiger partial charge in [-0.05, 0) is 42.8 Å². The molecule has 0 aromatic heterocycles. The summed E-state index contributed by atoms with van der Waals surface area (Å²) in [4.78, 5) is 0.317. The highest BCUT2D eigenvalue weighted by molar-refractivity contribution is 9.10. The van der Waals surface area contributed by atoms with Crippen LogP contribution < -0.4 is 11.1 Å². The molecule has 2 rings (SSSR count). The summed E-state index contributed by atoms with van der Waals surface area (Å²) < 4.78 is 1.01. The average Bonchev–Trinajstić information content (AvgIpc) is 2.35. The van der Waals surface area contributed by atoms with E-state index in [2.05, 4.69) is 21.2 Å².